The molecular weight excluding hydrogens is 434 g/mol. The molecule has 0 radical (unpaired) electrons. The molecule has 4 rings (SSSR count). The van der Waals surface area contributed by atoms with Crippen molar-refractivity contribution >= 4 is 23.6 Å². The number of ether oxygens (including phenoxy) is 6. The number of nitrogens with zero attached hydrogens (tertiary/aromatic N) is 1. The average Bonchev–Trinajstić information content (AvgIpc) is 3.22. The molecule has 3 heterocycles. The van der Waals surface area contributed by atoms with Crippen molar-refractivity contribution in [2.24, 2.45) is 5.92 Å². The van der Waals surface area contributed by atoms with Gasteiger partial charge in [0.15, 0.2) is 11.5 Å². The molecule has 2 unspecified atom stereocenters. The Morgan fingerprint density at radius 3 is 2.55 bits per heavy atom. The maximum Gasteiger partial charge on any atom is 0.336 e. The summed E-state index contributed by atoms with van der Waals surface area (Å²) in [7, 11) is 0. The highest BCUT2D eigenvalue weighted by Gasteiger charge is 2.51. The molecule has 1 aromatic rings. The molecule has 3 aliphatic heterocycles. The van der Waals surface area contributed by atoms with E-state index in [1.54, 1.807) is 19.9 Å². The lowest BCUT2D eigenvalue weighted by atomic mass is 9.80. The van der Waals surface area contributed by atoms with Crippen LogP contribution in [0.3, 0.4) is 0 Å². The van der Waals surface area contributed by atoms with Gasteiger partial charge in [-0.3, -0.25) is 9.59 Å². The van der Waals surface area contributed by atoms with Crippen LogP contribution in [0, 0.1) is 5.92 Å². The van der Waals surface area contributed by atoms with Crippen LogP contribution in [0.25, 0.3) is 0 Å². The summed E-state index contributed by atoms with van der Waals surface area (Å²) in [4.78, 5) is 38.3. The van der Waals surface area contributed by atoms with Crippen LogP contribution in [0.2, 0.25) is 0 Å². The smallest absolute Gasteiger partial charge is 0.336 e. The highest BCUT2D eigenvalue weighted by molar-refractivity contribution is 5.91. The van der Waals surface area contributed by atoms with Crippen molar-refractivity contribution in [3.63, 3.8) is 0 Å². The van der Waals surface area contributed by atoms with E-state index in [9.17, 15) is 14.4 Å². The van der Waals surface area contributed by atoms with Crippen molar-refractivity contribution in [1.82, 2.24) is 0 Å². The van der Waals surface area contributed by atoms with Crippen molar-refractivity contribution in [1.29, 1.82) is 0 Å². The van der Waals surface area contributed by atoms with E-state index >= 15 is 0 Å². The predicted molar refractivity (Wildman–Crippen MR) is 113 cm³/mol. The minimum Gasteiger partial charge on any atom is -0.463 e. The fraction of sp³-hybridized carbons (Fsp3) is 0.522. The second-order valence-electron chi connectivity index (χ2n) is 7.98. The number of rotatable bonds is 6. The van der Waals surface area contributed by atoms with E-state index in [1.165, 1.54) is 13.8 Å². The van der Waals surface area contributed by atoms with Crippen LogP contribution in [0.5, 0.6) is 11.5 Å². The first kappa shape index (κ1) is 22.9. The monoisotopic (exact) mass is 461 g/mol. The first-order valence-electron chi connectivity index (χ1n) is 10.8. The summed E-state index contributed by atoms with van der Waals surface area (Å²) in [6.45, 7) is 6.32. The second-order valence-corrected chi connectivity index (χ2v) is 7.98. The molecular formula is C23H27NO9. The molecule has 0 amide bonds. The van der Waals surface area contributed by atoms with Gasteiger partial charge >= 0.3 is 17.9 Å². The normalized spacial score (nSPS) is 25.5. The van der Waals surface area contributed by atoms with Crippen molar-refractivity contribution < 1.29 is 42.8 Å². The van der Waals surface area contributed by atoms with E-state index in [1.807, 2.05) is 17.0 Å². The summed E-state index contributed by atoms with van der Waals surface area (Å²) in [6, 6.07) is 5.46. The van der Waals surface area contributed by atoms with Gasteiger partial charge in [0, 0.05) is 43.6 Å². The Balaban J connectivity index is 1.78. The van der Waals surface area contributed by atoms with Gasteiger partial charge in [-0.05, 0) is 26.0 Å². The molecule has 1 fully saturated rings. The van der Waals surface area contributed by atoms with Crippen molar-refractivity contribution in [2.75, 3.05) is 24.9 Å². The first-order valence-corrected chi connectivity index (χ1v) is 10.8. The molecule has 0 aliphatic carbocycles. The SMILES string of the molecule is CCOC(=O)C1=C(C)N(c2ccc3c(c2)OCO3)C2CC1[C@H](OC(C)=O)[C@@H](COC(C)=O)O2. The Labute approximate surface area is 191 Å². The van der Waals surface area contributed by atoms with Crippen molar-refractivity contribution in [2.45, 2.75) is 52.6 Å². The zero-order valence-electron chi connectivity index (χ0n) is 19.0. The summed E-state index contributed by atoms with van der Waals surface area (Å²) in [5, 5.41) is 0. The Hall–Kier alpha value is -3.27. The van der Waals surface area contributed by atoms with Gasteiger partial charge in [0.2, 0.25) is 6.79 Å². The fourth-order valence-corrected chi connectivity index (χ4v) is 4.59. The van der Waals surface area contributed by atoms with E-state index in [0.717, 1.165) is 5.69 Å². The second kappa shape index (κ2) is 9.30. The molecule has 0 saturated carbocycles. The van der Waals surface area contributed by atoms with Crippen LogP contribution >= 0.6 is 0 Å². The third-order valence-electron chi connectivity index (χ3n) is 5.84. The zero-order valence-corrected chi connectivity index (χ0v) is 19.0. The highest BCUT2D eigenvalue weighted by Crippen LogP contribution is 2.46. The standard InChI is InChI=1S/C23H27NO9/c1-5-28-23(27)21-12(2)24(15-6-7-17-18(8-15)31-11-30-17)20-9-16(21)22(32-14(4)26)19(33-20)10-29-13(3)25/h6-8,16,19-20,22H,5,9-11H2,1-4H3/t16?,19-,20?,22+/m1/s1. The Bertz CT molecular complexity index is 988. The summed E-state index contributed by atoms with van der Waals surface area (Å²) in [5.41, 5.74) is 1.75. The minimum atomic E-state index is -0.814. The number of allylic oxidation sites excluding steroid dienone is 1. The van der Waals surface area contributed by atoms with E-state index in [-0.39, 0.29) is 20.0 Å². The van der Waals surface area contributed by atoms with Crippen LogP contribution in [0.1, 0.15) is 34.1 Å². The summed E-state index contributed by atoms with van der Waals surface area (Å²) >= 11 is 0. The number of carbonyl (C=O) groups excluding carboxylic acids is 3. The summed E-state index contributed by atoms with van der Waals surface area (Å²) in [6.07, 6.45) is -1.71. The quantitative estimate of drug-likeness (QED) is 0.462. The van der Waals surface area contributed by atoms with Crippen LogP contribution < -0.4 is 14.4 Å². The number of benzene rings is 1. The Kier molecular flexibility index (Phi) is 6.46. The van der Waals surface area contributed by atoms with Crippen LogP contribution in [-0.2, 0) is 33.3 Å². The van der Waals surface area contributed by atoms with Gasteiger partial charge in [-0.1, -0.05) is 0 Å². The largest absolute Gasteiger partial charge is 0.463 e. The number of anilines is 1. The van der Waals surface area contributed by atoms with Gasteiger partial charge in [0.05, 0.1) is 12.2 Å². The van der Waals surface area contributed by atoms with Crippen molar-refractivity contribution in [3.8, 4) is 11.5 Å². The minimum absolute atomic E-state index is 0.121. The Morgan fingerprint density at radius 1 is 1.09 bits per heavy atom. The van der Waals surface area contributed by atoms with Crippen molar-refractivity contribution in [3.05, 3.63) is 29.5 Å². The molecule has 0 N–H and O–H groups in total. The average molecular weight is 461 g/mol. The Morgan fingerprint density at radius 2 is 1.85 bits per heavy atom. The third kappa shape index (κ3) is 4.47. The number of fused-ring (bicyclic) bond motifs is 3. The van der Waals surface area contributed by atoms with Gasteiger partial charge in [0.25, 0.3) is 0 Å². The first-order chi connectivity index (χ1) is 15.8. The van der Waals surface area contributed by atoms with E-state index in [4.69, 9.17) is 28.4 Å². The molecule has 178 valence electrons. The molecule has 10 heteroatoms. The van der Waals surface area contributed by atoms with Crippen LogP contribution in [0.4, 0.5) is 5.69 Å². The van der Waals surface area contributed by atoms with Crippen LogP contribution in [-0.4, -0.2) is 56.4 Å². The molecule has 1 aromatic carbocycles. The fourth-order valence-electron chi connectivity index (χ4n) is 4.59. The van der Waals surface area contributed by atoms with Gasteiger partial charge in [-0.2, -0.15) is 0 Å². The maximum absolute atomic E-state index is 13.1. The van der Waals surface area contributed by atoms with Gasteiger partial charge in [-0.15, -0.1) is 0 Å². The molecule has 0 spiro atoms. The molecule has 33 heavy (non-hydrogen) atoms. The molecule has 3 aliphatic rings. The third-order valence-corrected chi connectivity index (χ3v) is 5.84. The number of esters is 3. The van der Waals surface area contributed by atoms with Gasteiger partial charge < -0.3 is 33.3 Å². The molecule has 10 nitrogen and oxygen atoms in total. The zero-order chi connectivity index (χ0) is 23.7. The van der Waals surface area contributed by atoms with Crippen LogP contribution in [0.15, 0.2) is 29.5 Å². The lowest BCUT2D eigenvalue weighted by molar-refractivity contribution is -0.193. The lowest BCUT2D eigenvalue weighted by Crippen LogP contribution is -2.58. The molecule has 0 aromatic heterocycles. The lowest BCUT2D eigenvalue weighted by Gasteiger charge is -2.50. The highest BCUT2D eigenvalue weighted by atomic mass is 16.7. The molecule has 2 bridgehead atoms. The van der Waals surface area contributed by atoms with E-state index in [2.05, 4.69) is 0 Å². The topological polar surface area (TPSA) is 110 Å². The molecule has 1 saturated heterocycles. The molecule has 4 atom stereocenters. The predicted octanol–water partition coefficient (Wildman–Crippen LogP) is 2.30. The maximum atomic E-state index is 13.1. The number of hydrogen-bond acceptors (Lipinski definition) is 10. The number of carbonyl (C=O) groups is 3. The summed E-state index contributed by atoms with van der Waals surface area (Å²) < 4.78 is 33.3. The number of hydrogen-bond donors (Lipinski definition) is 0. The van der Waals surface area contributed by atoms with Gasteiger partial charge in [0.1, 0.15) is 25.0 Å². The van der Waals surface area contributed by atoms with E-state index in [0.29, 0.717) is 29.2 Å². The van der Waals surface area contributed by atoms with E-state index < -0.39 is 42.3 Å². The van der Waals surface area contributed by atoms with Gasteiger partial charge in [-0.25, -0.2) is 4.79 Å². The summed E-state index contributed by atoms with van der Waals surface area (Å²) in [5.74, 6) is -0.764.